The van der Waals surface area contributed by atoms with Gasteiger partial charge in [0.25, 0.3) is 0 Å². The molecular weight excluding hydrogens is 214 g/mol. The maximum atomic E-state index is 11.3. The molecule has 0 unspecified atom stereocenters. The van der Waals surface area contributed by atoms with Crippen LogP contribution < -0.4 is 16.0 Å². The second kappa shape index (κ2) is 5.19. The van der Waals surface area contributed by atoms with Crippen molar-refractivity contribution in [1.82, 2.24) is 5.32 Å². The molecule has 1 saturated heterocycles. The van der Waals surface area contributed by atoms with Crippen LogP contribution in [0.2, 0.25) is 0 Å². The van der Waals surface area contributed by atoms with Gasteiger partial charge in [-0.3, -0.25) is 4.79 Å². The molecule has 0 radical (unpaired) electrons. The Morgan fingerprint density at radius 3 is 2.71 bits per heavy atom. The zero-order valence-electron chi connectivity index (χ0n) is 10.1. The fourth-order valence-corrected chi connectivity index (χ4v) is 2.03. The fourth-order valence-electron chi connectivity index (χ4n) is 2.03. The number of rotatable bonds is 3. The summed E-state index contributed by atoms with van der Waals surface area (Å²) in [7, 11) is 0. The minimum Gasteiger partial charge on any atom is -0.360 e. The van der Waals surface area contributed by atoms with E-state index in [1.165, 1.54) is 0 Å². The van der Waals surface area contributed by atoms with Crippen molar-refractivity contribution in [2.45, 2.75) is 19.4 Å². The molecule has 2 rings (SSSR count). The largest absolute Gasteiger partial charge is 0.360 e. The first-order valence-electron chi connectivity index (χ1n) is 6.08. The van der Waals surface area contributed by atoms with Crippen LogP contribution in [0.15, 0.2) is 24.3 Å². The van der Waals surface area contributed by atoms with Crippen molar-refractivity contribution in [3.8, 4) is 0 Å². The molecule has 1 aromatic rings. The molecule has 92 valence electrons. The van der Waals surface area contributed by atoms with E-state index < -0.39 is 0 Å². The number of piperazine rings is 1. The molecule has 17 heavy (non-hydrogen) atoms. The minimum absolute atomic E-state index is 0.0885. The number of amides is 1. The first kappa shape index (κ1) is 11.9. The van der Waals surface area contributed by atoms with Crippen molar-refractivity contribution in [3.63, 3.8) is 0 Å². The van der Waals surface area contributed by atoms with Gasteiger partial charge >= 0.3 is 0 Å². The maximum absolute atomic E-state index is 11.3. The van der Waals surface area contributed by atoms with Gasteiger partial charge in [0.2, 0.25) is 5.91 Å². The molecule has 1 aliphatic heterocycles. The van der Waals surface area contributed by atoms with Gasteiger partial charge in [0.1, 0.15) is 0 Å². The fraction of sp³-hybridized carbons (Fsp3) is 0.462. The van der Waals surface area contributed by atoms with Gasteiger partial charge < -0.3 is 16.0 Å². The molecule has 3 N–H and O–H groups in total. The highest BCUT2D eigenvalue weighted by Crippen LogP contribution is 2.20. The van der Waals surface area contributed by atoms with Crippen LogP contribution in [0, 0.1) is 0 Å². The Hall–Kier alpha value is -1.55. The van der Waals surface area contributed by atoms with Gasteiger partial charge in [-0.1, -0.05) is 19.1 Å². The lowest BCUT2D eigenvalue weighted by Crippen LogP contribution is -2.47. The standard InChI is InChI=1S/C13H19N3O/c1-2-12(14)10-3-5-11(6-4-10)16-8-7-15-13(17)9-16/h3-6,12H,2,7-9,14H2,1H3,(H,15,17)/t12-/m1/s1. The Labute approximate surface area is 102 Å². The minimum atomic E-state index is 0.0885. The number of nitrogens with one attached hydrogen (secondary N) is 1. The Morgan fingerprint density at radius 2 is 2.12 bits per heavy atom. The summed E-state index contributed by atoms with van der Waals surface area (Å²) in [5, 5.41) is 2.82. The molecule has 1 amide bonds. The lowest BCUT2D eigenvalue weighted by atomic mass is 10.0. The summed E-state index contributed by atoms with van der Waals surface area (Å²) in [6.45, 7) is 4.10. The van der Waals surface area contributed by atoms with Crippen molar-refractivity contribution in [1.29, 1.82) is 0 Å². The first-order chi connectivity index (χ1) is 8.20. The SMILES string of the molecule is CC[C@@H](N)c1ccc(N2CCNC(=O)C2)cc1. The predicted octanol–water partition coefficient (Wildman–Crippen LogP) is 1.03. The molecular formula is C13H19N3O. The van der Waals surface area contributed by atoms with Gasteiger partial charge in [0.15, 0.2) is 0 Å². The lowest BCUT2D eigenvalue weighted by molar-refractivity contribution is -0.120. The van der Waals surface area contributed by atoms with E-state index in [0.717, 1.165) is 30.8 Å². The van der Waals surface area contributed by atoms with Crippen LogP contribution in [-0.4, -0.2) is 25.5 Å². The van der Waals surface area contributed by atoms with Crippen LogP contribution >= 0.6 is 0 Å². The summed E-state index contributed by atoms with van der Waals surface area (Å²) in [5.41, 5.74) is 8.21. The average Bonchev–Trinajstić information content (AvgIpc) is 2.38. The van der Waals surface area contributed by atoms with E-state index in [1.54, 1.807) is 0 Å². The summed E-state index contributed by atoms with van der Waals surface area (Å²) in [4.78, 5) is 13.4. The van der Waals surface area contributed by atoms with Crippen LogP contribution in [0.3, 0.4) is 0 Å². The monoisotopic (exact) mass is 233 g/mol. The van der Waals surface area contributed by atoms with E-state index in [0.29, 0.717) is 6.54 Å². The molecule has 0 aromatic heterocycles. The molecule has 1 heterocycles. The van der Waals surface area contributed by atoms with Crippen LogP contribution in [0.4, 0.5) is 5.69 Å². The number of carbonyl (C=O) groups excluding carboxylic acids is 1. The van der Waals surface area contributed by atoms with Crippen LogP contribution in [-0.2, 0) is 4.79 Å². The number of carbonyl (C=O) groups is 1. The van der Waals surface area contributed by atoms with E-state index >= 15 is 0 Å². The lowest BCUT2D eigenvalue weighted by Gasteiger charge is -2.28. The van der Waals surface area contributed by atoms with Gasteiger partial charge in [-0.15, -0.1) is 0 Å². The van der Waals surface area contributed by atoms with Crippen LogP contribution in [0.25, 0.3) is 0 Å². The molecule has 4 nitrogen and oxygen atoms in total. The number of benzene rings is 1. The zero-order valence-corrected chi connectivity index (χ0v) is 10.1. The van der Waals surface area contributed by atoms with E-state index in [2.05, 4.69) is 29.3 Å². The molecule has 4 heteroatoms. The van der Waals surface area contributed by atoms with Gasteiger partial charge in [0.05, 0.1) is 6.54 Å². The Morgan fingerprint density at radius 1 is 1.41 bits per heavy atom. The Kier molecular flexibility index (Phi) is 3.64. The van der Waals surface area contributed by atoms with Crippen LogP contribution in [0.1, 0.15) is 24.9 Å². The highest BCUT2D eigenvalue weighted by molar-refractivity contribution is 5.82. The number of nitrogens with zero attached hydrogens (tertiary/aromatic N) is 1. The third kappa shape index (κ3) is 2.77. The summed E-state index contributed by atoms with van der Waals surface area (Å²) in [6, 6.07) is 8.30. The molecule has 0 bridgehead atoms. The molecule has 0 spiro atoms. The van der Waals surface area contributed by atoms with Gasteiger partial charge in [-0.25, -0.2) is 0 Å². The molecule has 1 aliphatic rings. The highest BCUT2D eigenvalue weighted by Gasteiger charge is 2.16. The topological polar surface area (TPSA) is 58.4 Å². The quantitative estimate of drug-likeness (QED) is 0.820. The summed E-state index contributed by atoms with van der Waals surface area (Å²) < 4.78 is 0. The van der Waals surface area contributed by atoms with Crippen molar-refractivity contribution in [3.05, 3.63) is 29.8 Å². The van der Waals surface area contributed by atoms with Crippen molar-refractivity contribution in [2.24, 2.45) is 5.73 Å². The zero-order chi connectivity index (χ0) is 12.3. The third-order valence-electron chi connectivity index (χ3n) is 3.16. The van der Waals surface area contributed by atoms with E-state index in [1.807, 2.05) is 12.1 Å². The number of hydrogen-bond donors (Lipinski definition) is 2. The van der Waals surface area contributed by atoms with Crippen molar-refractivity contribution < 1.29 is 4.79 Å². The number of hydrogen-bond acceptors (Lipinski definition) is 3. The normalized spacial score (nSPS) is 17.8. The van der Waals surface area contributed by atoms with E-state index in [-0.39, 0.29) is 11.9 Å². The number of anilines is 1. The summed E-state index contributed by atoms with van der Waals surface area (Å²) in [6.07, 6.45) is 0.936. The summed E-state index contributed by atoms with van der Waals surface area (Å²) in [5.74, 6) is 0.0885. The second-order valence-corrected chi connectivity index (χ2v) is 4.38. The molecule has 1 aromatic carbocycles. The summed E-state index contributed by atoms with van der Waals surface area (Å²) >= 11 is 0. The third-order valence-corrected chi connectivity index (χ3v) is 3.16. The Balaban J connectivity index is 2.09. The predicted molar refractivity (Wildman–Crippen MR) is 68.9 cm³/mol. The maximum Gasteiger partial charge on any atom is 0.239 e. The molecule has 1 fully saturated rings. The van der Waals surface area contributed by atoms with Crippen molar-refractivity contribution >= 4 is 11.6 Å². The van der Waals surface area contributed by atoms with Gasteiger partial charge in [0, 0.05) is 24.8 Å². The van der Waals surface area contributed by atoms with Gasteiger partial charge in [-0.05, 0) is 24.1 Å². The van der Waals surface area contributed by atoms with Crippen molar-refractivity contribution in [2.75, 3.05) is 24.5 Å². The Bertz CT molecular complexity index is 388. The average molecular weight is 233 g/mol. The highest BCUT2D eigenvalue weighted by atomic mass is 16.2. The van der Waals surface area contributed by atoms with Gasteiger partial charge in [-0.2, -0.15) is 0 Å². The molecule has 0 aliphatic carbocycles. The van der Waals surface area contributed by atoms with Crippen LogP contribution in [0.5, 0.6) is 0 Å². The van der Waals surface area contributed by atoms with E-state index in [4.69, 9.17) is 5.73 Å². The van der Waals surface area contributed by atoms with E-state index in [9.17, 15) is 4.79 Å². The number of nitrogens with two attached hydrogens (primary N) is 1. The molecule has 1 atom stereocenters. The first-order valence-corrected chi connectivity index (χ1v) is 6.08. The molecule has 0 saturated carbocycles. The smallest absolute Gasteiger partial charge is 0.239 e. The second-order valence-electron chi connectivity index (χ2n) is 4.38.